The summed E-state index contributed by atoms with van der Waals surface area (Å²) in [6, 6.07) is 15.4. The predicted molar refractivity (Wildman–Crippen MR) is 94.3 cm³/mol. The smallest absolute Gasteiger partial charge is 0.338 e. The number of esters is 1. The average Bonchev–Trinajstić information content (AvgIpc) is 2.66. The van der Waals surface area contributed by atoms with E-state index in [1.165, 1.54) is 0 Å². The molecule has 2 rings (SSSR count). The second-order valence-corrected chi connectivity index (χ2v) is 5.29. The Balaban J connectivity index is 1.71. The largest absolute Gasteiger partial charge is 0.484 e. The van der Waals surface area contributed by atoms with E-state index >= 15 is 0 Å². The van der Waals surface area contributed by atoms with Gasteiger partial charge in [-0.1, -0.05) is 30.3 Å². The topological polar surface area (TPSA) is 93.7 Å². The first-order valence-electron chi connectivity index (χ1n) is 8.10. The van der Waals surface area contributed by atoms with Crippen molar-refractivity contribution >= 4 is 17.8 Å². The Labute approximate surface area is 151 Å². The van der Waals surface area contributed by atoms with Gasteiger partial charge in [0.15, 0.2) is 6.61 Å². The minimum absolute atomic E-state index is 0.164. The molecule has 7 nitrogen and oxygen atoms in total. The highest BCUT2D eigenvalue weighted by molar-refractivity contribution is 5.89. The van der Waals surface area contributed by atoms with Crippen molar-refractivity contribution in [2.75, 3.05) is 13.2 Å². The van der Waals surface area contributed by atoms with Crippen molar-refractivity contribution in [2.24, 2.45) is 0 Å². The van der Waals surface area contributed by atoms with Crippen LogP contribution in [0.15, 0.2) is 54.6 Å². The van der Waals surface area contributed by atoms with Crippen LogP contribution in [0.2, 0.25) is 0 Å². The number of rotatable bonds is 7. The summed E-state index contributed by atoms with van der Waals surface area (Å²) in [5.74, 6) is -0.828. The number of carbonyl (C=O) groups is 3. The van der Waals surface area contributed by atoms with Crippen molar-refractivity contribution in [3.8, 4) is 5.75 Å². The van der Waals surface area contributed by atoms with E-state index in [1.807, 2.05) is 30.3 Å². The molecule has 0 aliphatic carbocycles. The number of hydrogen-bond acceptors (Lipinski definition) is 5. The highest BCUT2D eigenvalue weighted by Gasteiger charge is 2.08. The van der Waals surface area contributed by atoms with E-state index in [0.29, 0.717) is 17.9 Å². The lowest BCUT2D eigenvalue weighted by Crippen LogP contribution is -2.44. The van der Waals surface area contributed by atoms with E-state index in [-0.39, 0.29) is 18.9 Å². The molecule has 2 N–H and O–H groups in total. The molecule has 2 aromatic carbocycles. The second kappa shape index (κ2) is 9.83. The normalized spacial score (nSPS) is 9.88. The first kappa shape index (κ1) is 19.0. The van der Waals surface area contributed by atoms with Gasteiger partial charge in [0.2, 0.25) is 5.91 Å². The molecule has 7 heteroatoms. The molecule has 0 radical (unpaired) electrons. The molecule has 0 aromatic heterocycles. The number of hydrogen-bond donors (Lipinski definition) is 2. The summed E-state index contributed by atoms with van der Waals surface area (Å²) in [5.41, 5.74) is 5.85. The van der Waals surface area contributed by atoms with Crippen LogP contribution in [0.1, 0.15) is 22.8 Å². The molecule has 0 aliphatic rings. The fourth-order valence-electron chi connectivity index (χ4n) is 2.05. The molecule has 0 unspecified atom stereocenters. The average molecular weight is 356 g/mol. The Morgan fingerprint density at radius 3 is 2.19 bits per heavy atom. The number of hydrazine groups is 1. The molecule has 0 fully saturated rings. The SMILES string of the molecule is CCOC(=O)c1ccc(OCC(=O)NNC(=O)Cc2ccccc2)cc1. The first-order chi connectivity index (χ1) is 12.6. The fourth-order valence-corrected chi connectivity index (χ4v) is 2.05. The number of benzene rings is 2. The van der Waals surface area contributed by atoms with Crippen LogP contribution < -0.4 is 15.6 Å². The van der Waals surface area contributed by atoms with E-state index in [4.69, 9.17) is 9.47 Å². The lowest BCUT2D eigenvalue weighted by Gasteiger charge is -2.09. The summed E-state index contributed by atoms with van der Waals surface area (Å²) in [6.45, 7) is 1.75. The van der Waals surface area contributed by atoms with Gasteiger partial charge in [-0.05, 0) is 36.8 Å². The zero-order chi connectivity index (χ0) is 18.8. The maximum absolute atomic E-state index is 11.7. The van der Waals surface area contributed by atoms with Crippen LogP contribution >= 0.6 is 0 Å². The molecule has 2 amide bonds. The summed E-state index contributed by atoms with van der Waals surface area (Å²) in [7, 11) is 0. The lowest BCUT2D eigenvalue weighted by atomic mass is 10.1. The first-order valence-corrected chi connectivity index (χ1v) is 8.10. The van der Waals surface area contributed by atoms with Gasteiger partial charge in [-0.2, -0.15) is 0 Å². The molecular formula is C19H20N2O5. The van der Waals surface area contributed by atoms with Gasteiger partial charge in [0, 0.05) is 0 Å². The quantitative estimate of drug-likeness (QED) is 0.581. The Morgan fingerprint density at radius 2 is 1.54 bits per heavy atom. The number of amides is 2. The predicted octanol–water partition coefficient (Wildman–Crippen LogP) is 1.63. The third kappa shape index (κ3) is 6.27. The summed E-state index contributed by atoms with van der Waals surface area (Å²) in [4.78, 5) is 35.0. The molecule has 0 spiro atoms. The van der Waals surface area contributed by atoms with Gasteiger partial charge in [-0.25, -0.2) is 4.79 Å². The Kier molecular flexibility index (Phi) is 7.17. The number of carbonyl (C=O) groups excluding carboxylic acids is 3. The van der Waals surface area contributed by atoms with Gasteiger partial charge >= 0.3 is 5.97 Å². The molecular weight excluding hydrogens is 336 g/mol. The fraction of sp³-hybridized carbons (Fsp3) is 0.211. The van der Waals surface area contributed by atoms with Gasteiger partial charge in [0.05, 0.1) is 18.6 Å². The molecule has 0 bridgehead atoms. The van der Waals surface area contributed by atoms with Crippen molar-refractivity contribution in [2.45, 2.75) is 13.3 Å². The van der Waals surface area contributed by atoms with E-state index < -0.39 is 11.9 Å². The van der Waals surface area contributed by atoms with Crippen LogP contribution in [-0.4, -0.2) is 31.0 Å². The lowest BCUT2D eigenvalue weighted by molar-refractivity contribution is -0.129. The van der Waals surface area contributed by atoms with E-state index in [9.17, 15) is 14.4 Å². The minimum atomic E-state index is -0.499. The van der Waals surface area contributed by atoms with Crippen molar-refractivity contribution < 1.29 is 23.9 Å². The molecule has 0 saturated carbocycles. The summed E-state index contributed by atoms with van der Waals surface area (Å²) < 4.78 is 10.2. The zero-order valence-corrected chi connectivity index (χ0v) is 14.4. The highest BCUT2D eigenvalue weighted by Crippen LogP contribution is 2.12. The molecule has 0 aliphatic heterocycles. The van der Waals surface area contributed by atoms with Gasteiger partial charge in [-0.15, -0.1) is 0 Å². The molecule has 0 heterocycles. The molecule has 0 saturated heterocycles. The Hall–Kier alpha value is -3.35. The van der Waals surface area contributed by atoms with Crippen molar-refractivity contribution in [3.63, 3.8) is 0 Å². The van der Waals surface area contributed by atoms with Gasteiger partial charge in [0.25, 0.3) is 5.91 Å². The van der Waals surface area contributed by atoms with Gasteiger partial charge in [0.1, 0.15) is 5.75 Å². The van der Waals surface area contributed by atoms with Crippen molar-refractivity contribution in [1.29, 1.82) is 0 Å². The van der Waals surface area contributed by atoms with Crippen LogP contribution in [0.4, 0.5) is 0 Å². The molecule has 2 aromatic rings. The molecule has 0 atom stereocenters. The van der Waals surface area contributed by atoms with Crippen LogP contribution in [-0.2, 0) is 20.7 Å². The maximum atomic E-state index is 11.7. The number of nitrogens with one attached hydrogen (secondary N) is 2. The van der Waals surface area contributed by atoms with Crippen LogP contribution in [0.25, 0.3) is 0 Å². The van der Waals surface area contributed by atoms with E-state index in [1.54, 1.807) is 31.2 Å². The highest BCUT2D eigenvalue weighted by atomic mass is 16.5. The second-order valence-electron chi connectivity index (χ2n) is 5.29. The van der Waals surface area contributed by atoms with Crippen molar-refractivity contribution in [1.82, 2.24) is 10.9 Å². The standard InChI is InChI=1S/C19H20N2O5/c1-2-25-19(24)15-8-10-16(11-9-15)26-13-18(23)21-20-17(22)12-14-6-4-3-5-7-14/h3-11H,2,12-13H2,1H3,(H,20,22)(H,21,23). The van der Waals surface area contributed by atoms with Gasteiger partial charge < -0.3 is 9.47 Å². The van der Waals surface area contributed by atoms with Crippen LogP contribution in [0, 0.1) is 0 Å². The van der Waals surface area contributed by atoms with E-state index in [2.05, 4.69) is 10.9 Å². The van der Waals surface area contributed by atoms with Crippen LogP contribution in [0.3, 0.4) is 0 Å². The molecule has 26 heavy (non-hydrogen) atoms. The summed E-state index contributed by atoms with van der Waals surface area (Å²) >= 11 is 0. The van der Waals surface area contributed by atoms with Crippen molar-refractivity contribution in [3.05, 3.63) is 65.7 Å². The zero-order valence-electron chi connectivity index (χ0n) is 14.4. The summed E-state index contributed by atoms with van der Waals surface area (Å²) in [5, 5.41) is 0. The monoisotopic (exact) mass is 356 g/mol. The third-order valence-electron chi connectivity index (χ3n) is 3.28. The Bertz CT molecular complexity index is 744. The number of ether oxygens (including phenoxy) is 2. The third-order valence-corrected chi connectivity index (χ3v) is 3.28. The van der Waals surface area contributed by atoms with Gasteiger partial charge in [-0.3, -0.25) is 20.4 Å². The Morgan fingerprint density at radius 1 is 0.885 bits per heavy atom. The maximum Gasteiger partial charge on any atom is 0.338 e. The van der Waals surface area contributed by atoms with E-state index in [0.717, 1.165) is 5.56 Å². The minimum Gasteiger partial charge on any atom is -0.484 e. The van der Waals surface area contributed by atoms with Crippen LogP contribution in [0.5, 0.6) is 5.75 Å². The molecule has 136 valence electrons. The summed E-state index contributed by atoms with van der Waals surface area (Å²) in [6.07, 6.45) is 0.164.